The lowest BCUT2D eigenvalue weighted by atomic mass is 9.83. The highest BCUT2D eigenvalue weighted by Gasteiger charge is 2.28. The third kappa shape index (κ3) is 4.13. The molecule has 1 N–H and O–H groups in total. The first-order valence-corrected chi connectivity index (χ1v) is 9.82. The zero-order valence-electron chi connectivity index (χ0n) is 16.7. The summed E-state index contributed by atoms with van der Waals surface area (Å²) >= 11 is 0. The van der Waals surface area contributed by atoms with Gasteiger partial charge in [0.05, 0.1) is 29.5 Å². The number of nitrogens with zero attached hydrogens (tertiary/aromatic N) is 5. The van der Waals surface area contributed by atoms with Crippen molar-refractivity contribution in [3.05, 3.63) is 54.0 Å². The number of amides is 1. The fourth-order valence-corrected chi connectivity index (χ4v) is 4.35. The summed E-state index contributed by atoms with van der Waals surface area (Å²) in [5, 5.41) is 17.4. The van der Waals surface area contributed by atoms with Crippen LogP contribution in [0.15, 0.2) is 42.9 Å². The van der Waals surface area contributed by atoms with Crippen molar-refractivity contribution in [2.45, 2.75) is 19.3 Å². The number of carbonyl (C=O) groups is 1. The van der Waals surface area contributed by atoms with E-state index in [1.165, 1.54) is 5.56 Å². The Kier molecular flexibility index (Phi) is 5.28. The maximum Gasteiger partial charge on any atom is 0.238 e. The number of rotatable bonds is 4. The molecule has 1 saturated heterocycles. The standard InChI is InChI=1S/C22H24N6O.H2/c1-15-8-17(19-6-5-16(9-23)22-20(19)4-3-7-24-22)12-28(11-15)14-21(29)26-18-10-25-27(2)13-18;/h3-7,10,13,15,17H,8,11-12,14H2,1-2H3,(H,26,29);1H/t15-,17+;/m1./s1. The van der Waals surface area contributed by atoms with E-state index >= 15 is 0 Å². The highest BCUT2D eigenvalue weighted by molar-refractivity contribution is 5.92. The molecule has 3 aromatic rings. The van der Waals surface area contributed by atoms with Crippen LogP contribution in [-0.2, 0) is 11.8 Å². The minimum absolute atomic E-state index is 0. The first kappa shape index (κ1) is 19.1. The van der Waals surface area contributed by atoms with Crippen LogP contribution in [0.5, 0.6) is 0 Å². The van der Waals surface area contributed by atoms with E-state index in [1.807, 2.05) is 25.2 Å². The third-order valence-electron chi connectivity index (χ3n) is 5.45. The van der Waals surface area contributed by atoms with Gasteiger partial charge in [-0.1, -0.05) is 19.1 Å². The van der Waals surface area contributed by atoms with Crippen LogP contribution in [-0.4, -0.2) is 45.2 Å². The Bertz CT molecular complexity index is 1090. The number of carbonyl (C=O) groups excluding carboxylic acids is 1. The minimum atomic E-state index is -0.0304. The summed E-state index contributed by atoms with van der Waals surface area (Å²) in [6.45, 7) is 4.27. The zero-order valence-corrected chi connectivity index (χ0v) is 16.7. The number of aryl methyl sites for hydroxylation is 1. The Hall–Kier alpha value is -3.24. The monoisotopic (exact) mass is 390 g/mol. The van der Waals surface area contributed by atoms with Crippen molar-refractivity contribution < 1.29 is 6.22 Å². The van der Waals surface area contributed by atoms with Gasteiger partial charge in [-0.05, 0) is 36.0 Å². The van der Waals surface area contributed by atoms with Gasteiger partial charge in [-0.25, -0.2) is 0 Å². The average molecular weight is 390 g/mol. The van der Waals surface area contributed by atoms with Gasteiger partial charge in [-0.3, -0.25) is 19.4 Å². The summed E-state index contributed by atoms with van der Waals surface area (Å²) in [5.41, 5.74) is 3.27. The van der Waals surface area contributed by atoms with E-state index in [0.29, 0.717) is 29.6 Å². The average Bonchev–Trinajstić information content (AvgIpc) is 3.11. The lowest BCUT2D eigenvalue weighted by Gasteiger charge is -2.36. The summed E-state index contributed by atoms with van der Waals surface area (Å²) in [4.78, 5) is 19.1. The van der Waals surface area contributed by atoms with Crippen LogP contribution in [0.4, 0.5) is 5.69 Å². The first-order valence-electron chi connectivity index (χ1n) is 9.82. The van der Waals surface area contributed by atoms with Crippen LogP contribution >= 0.6 is 0 Å². The number of piperidine rings is 1. The van der Waals surface area contributed by atoms with Crippen molar-refractivity contribution in [1.29, 1.82) is 5.26 Å². The number of nitriles is 1. The summed E-state index contributed by atoms with van der Waals surface area (Å²) in [5.74, 6) is 0.740. The number of anilines is 1. The number of nitrogens with one attached hydrogen (secondary N) is 1. The van der Waals surface area contributed by atoms with Crippen molar-refractivity contribution in [2.24, 2.45) is 13.0 Å². The Balaban J connectivity index is 0.00000256. The molecule has 1 aliphatic rings. The van der Waals surface area contributed by atoms with E-state index in [4.69, 9.17) is 0 Å². The van der Waals surface area contributed by atoms with Crippen molar-refractivity contribution in [3.63, 3.8) is 0 Å². The minimum Gasteiger partial charge on any atom is -0.322 e. The second-order valence-electron chi connectivity index (χ2n) is 7.90. The smallest absolute Gasteiger partial charge is 0.238 e. The molecule has 1 amide bonds. The number of hydrogen-bond donors (Lipinski definition) is 1. The van der Waals surface area contributed by atoms with E-state index in [1.54, 1.807) is 23.3 Å². The number of fused-ring (bicyclic) bond motifs is 1. The molecule has 2 aromatic heterocycles. The molecule has 2 atom stereocenters. The number of aromatic nitrogens is 3. The van der Waals surface area contributed by atoms with Crippen LogP contribution in [0.1, 0.15) is 31.8 Å². The van der Waals surface area contributed by atoms with E-state index in [-0.39, 0.29) is 7.33 Å². The van der Waals surface area contributed by atoms with Gasteiger partial charge in [0.25, 0.3) is 0 Å². The SMILES string of the molecule is C[C@@H]1C[C@H](c2ccc(C#N)c3ncccc23)CN(CC(=O)Nc2cnn(C)c2)C1.[HH]. The van der Waals surface area contributed by atoms with Crippen LogP contribution < -0.4 is 5.32 Å². The molecule has 7 heteroatoms. The second kappa shape index (κ2) is 8.02. The maximum absolute atomic E-state index is 12.5. The molecule has 1 aliphatic heterocycles. The lowest BCUT2D eigenvalue weighted by molar-refractivity contribution is -0.117. The molecule has 3 heterocycles. The molecule has 29 heavy (non-hydrogen) atoms. The van der Waals surface area contributed by atoms with Gasteiger partial charge in [0.1, 0.15) is 6.07 Å². The molecule has 0 saturated carbocycles. The largest absolute Gasteiger partial charge is 0.322 e. The van der Waals surface area contributed by atoms with E-state index in [9.17, 15) is 10.1 Å². The molecule has 150 valence electrons. The van der Waals surface area contributed by atoms with Gasteiger partial charge in [0.15, 0.2) is 0 Å². The number of likely N-dealkylation sites (tertiary alicyclic amines) is 1. The van der Waals surface area contributed by atoms with Crippen molar-refractivity contribution in [3.8, 4) is 6.07 Å². The quantitative estimate of drug-likeness (QED) is 0.739. The highest BCUT2D eigenvalue weighted by atomic mass is 16.2. The summed E-state index contributed by atoms with van der Waals surface area (Å²) < 4.78 is 1.67. The molecule has 0 spiro atoms. The number of hydrogen-bond acceptors (Lipinski definition) is 5. The highest BCUT2D eigenvalue weighted by Crippen LogP contribution is 2.34. The van der Waals surface area contributed by atoms with E-state index in [2.05, 4.69) is 39.4 Å². The Morgan fingerprint density at radius 3 is 3.00 bits per heavy atom. The number of benzene rings is 1. The fourth-order valence-electron chi connectivity index (χ4n) is 4.35. The van der Waals surface area contributed by atoms with Crippen LogP contribution in [0.25, 0.3) is 10.9 Å². The van der Waals surface area contributed by atoms with E-state index in [0.717, 1.165) is 30.4 Å². The molecular formula is C22H26N6O. The zero-order chi connectivity index (χ0) is 20.4. The third-order valence-corrected chi connectivity index (χ3v) is 5.45. The number of pyridine rings is 1. The Morgan fingerprint density at radius 2 is 2.24 bits per heavy atom. The Labute approximate surface area is 171 Å². The normalized spacial score (nSPS) is 19.8. The van der Waals surface area contributed by atoms with Crippen molar-refractivity contribution >= 4 is 22.5 Å². The van der Waals surface area contributed by atoms with Gasteiger partial charge in [-0.2, -0.15) is 10.4 Å². The molecule has 0 radical (unpaired) electrons. The summed E-state index contributed by atoms with van der Waals surface area (Å²) in [6, 6.07) is 10.1. The molecule has 7 nitrogen and oxygen atoms in total. The van der Waals surface area contributed by atoms with Crippen LogP contribution in [0.2, 0.25) is 0 Å². The Morgan fingerprint density at radius 1 is 1.38 bits per heavy atom. The molecule has 0 bridgehead atoms. The predicted molar refractivity (Wildman–Crippen MR) is 113 cm³/mol. The van der Waals surface area contributed by atoms with Gasteiger partial charge in [0.2, 0.25) is 5.91 Å². The molecule has 0 aliphatic carbocycles. The van der Waals surface area contributed by atoms with Gasteiger partial charge in [-0.15, -0.1) is 0 Å². The molecule has 1 aromatic carbocycles. The van der Waals surface area contributed by atoms with Crippen LogP contribution in [0.3, 0.4) is 0 Å². The second-order valence-corrected chi connectivity index (χ2v) is 7.90. The predicted octanol–water partition coefficient (Wildman–Crippen LogP) is 3.15. The van der Waals surface area contributed by atoms with Crippen LogP contribution in [0, 0.1) is 17.2 Å². The van der Waals surface area contributed by atoms with Gasteiger partial charge >= 0.3 is 0 Å². The first-order chi connectivity index (χ1) is 14.0. The van der Waals surface area contributed by atoms with Gasteiger partial charge < -0.3 is 5.32 Å². The summed E-state index contributed by atoms with van der Waals surface area (Å²) in [6.07, 6.45) is 6.22. The molecule has 0 unspecified atom stereocenters. The van der Waals surface area contributed by atoms with Crippen molar-refractivity contribution in [1.82, 2.24) is 19.7 Å². The summed E-state index contributed by atoms with van der Waals surface area (Å²) in [7, 11) is 1.82. The topological polar surface area (TPSA) is 86.8 Å². The molecule has 4 rings (SSSR count). The van der Waals surface area contributed by atoms with E-state index < -0.39 is 0 Å². The molecular weight excluding hydrogens is 364 g/mol. The van der Waals surface area contributed by atoms with Gasteiger partial charge in [0, 0.05) is 39.3 Å². The molecule has 1 fully saturated rings. The van der Waals surface area contributed by atoms with Crippen molar-refractivity contribution in [2.75, 3.05) is 25.0 Å². The maximum atomic E-state index is 12.5. The fraction of sp³-hybridized carbons (Fsp3) is 0.364. The lowest BCUT2D eigenvalue weighted by Crippen LogP contribution is -2.42.